The third-order valence-electron chi connectivity index (χ3n) is 2.76. The van der Waals surface area contributed by atoms with E-state index < -0.39 is 0 Å². The molecule has 0 bridgehead atoms. The van der Waals surface area contributed by atoms with Crippen LogP contribution < -0.4 is 5.32 Å². The Labute approximate surface area is 109 Å². The first-order chi connectivity index (χ1) is 8.33. The monoisotopic (exact) mass is 265 g/mol. The number of halogens is 1. The SMILES string of the molecule is Clc1ccccc1CNc1nnc(C2CC2)s1. The molecule has 0 aliphatic heterocycles. The quantitative estimate of drug-likeness (QED) is 0.916. The normalized spacial score (nSPS) is 14.9. The van der Waals surface area contributed by atoms with Gasteiger partial charge in [-0.2, -0.15) is 0 Å². The van der Waals surface area contributed by atoms with Gasteiger partial charge >= 0.3 is 0 Å². The Kier molecular flexibility index (Phi) is 2.99. The Morgan fingerprint density at radius 3 is 2.88 bits per heavy atom. The van der Waals surface area contributed by atoms with Gasteiger partial charge in [0, 0.05) is 17.5 Å². The van der Waals surface area contributed by atoms with Crippen LogP contribution >= 0.6 is 22.9 Å². The first-order valence-corrected chi connectivity index (χ1v) is 6.83. The van der Waals surface area contributed by atoms with Gasteiger partial charge in [0.05, 0.1) is 0 Å². The largest absolute Gasteiger partial charge is 0.356 e. The van der Waals surface area contributed by atoms with Crippen molar-refractivity contribution < 1.29 is 0 Å². The summed E-state index contributed by atoms with van der Waals surface area (Å²) in [5.74, 6) is 0.670. The van der Waals surface area contributed by atoms with E-state index in [1.54, 1.807) is 11.3 Å². The third-order valence-corrected chi connectivity index (χ3v) is 4.17. The van der Waals surface area contributed by atoms with Gasteiger partial charge in [0.15, 0.2) is 0 Å². The Morgan fingerprint density at radius 1 is 1.29 bits per heavy atom. The van der Waals surface area contributed by atoms with E-state index >= 15 is 0 Å². The van der Waals surface area contributed by atoms with Crippen LogP contribution in [-0.4, -0.2) is 10.2 Å². The molecule has 1 aromatic heterocycles. The van der Waals surface area contributed by atoms with Crippen molar-refractivity contribution in [3.8, 4) is 0 Å². The standard InChI is InChI=1S/C12H12ClN3S/c13-10-4-2-1-3-9(10)7-14-12-16-15-11(17-12)8-5-6-8/h1-4,8H,5-7H2,(H,14,16). The van der Waals surface area contributed by atoms with Crippen LogP contribution in [0, 0.1) is 0 Å². The summed E-state index contributed by atoms with van der Waals surface area (Å²) in [6, 6.07) is 7.83. The molecule has 0 radical (unpaired) electrons. The molecule has 17 heavy (non-hydrogen) atoms. The fraction of sp³-hybridized carbons (Fsp3) is 0.333. The summed E-state index contributed by atoms with van der Waals surface area (Å²) in [5.41, 5.74) is 1.08. The molecule has 88 valence electrons. The molecule has 5 heteroatoms. The average molecular weight is 266 g/mol. The number of anilines is 1. The number of benzene rings is 1. The fourth-order valence-electron chi connectivity index (χ4n) is 1.61. The molecular formula is C12H12ClN3S. The average Bonchev–Trinajstić information content (AvgIpc) is 3.08. The highest BCUT2D eigenvalue weighted by Gasteiger charge is 2.27. The molecule has 1 fully saturated rings. The zero-order valence-electron chi connectivity index (χ0n) is 9.19. The molecule has 0 saturated heterocycles. The van der Waals surface area contributed by atoms with Gasteiger partial charge in [-0.1, -0.05) is 41.1 Å². The molecule has 3 nitrogen and oxygen atoms in total. The zero-order chi connectivity index (χ0) is 11.7. The Morgan fingerprint density at radius 2 is 2.12 bits per heavy atom. The molecule has 0 unspecified atom stereocenters. The molecule has 0 amide bonds. The Hall–Kier alpha value is -1.13. The van der Waals surface area contributed by atoms with E-state index in [2.05, 4.69) is 15.5 Å². The highest BCUT2D eigenvalue weighted by molar-refractivity contribution is 7.15. The summed E-state index contributed by atoms with van der Waals surface area (Å²) in [6.07, 6.45) is 2.53. The van der Waals surface area contributed by atoms with E-state index in [1.807, 2.05) is 24.3 Å². The number of nitrogens with one attached hydrogen (secondary N) is 1. The van der Waals surface area contributed by atoms with Crippen LogP contribution in [0.3, 0.4) is 0 Å². The number of nitrogens with zero attached hydrogens (tertiary/aromatic N) is 2. The van der Waals surface area contributed by atoms with Crippen molar-refractivity contribution in [2.45, 2.75) is 25.3 Å². The molecule has 3 rings (SSSR count). The predicted molar refractivity (Wildman–Crippen MR) is 70.7 cm³/mol. The van der Waals surface area contributed by atoms with Gasteiger partial charge in [0.1, 0.15) is 5.01 Å². The summed E-state index contributed by atoms with van der Waals surface area (Å²) in [5, 5.41) is 14.4. The van der Waals surface area contributed by atoms with Gasteiger partial charge in [-0.05, 0) is 24.5 Å². The lowest BCUT2D eigenvalue weighted by Crippen LogP contribution is -1.99. The first-order valence-electron chi connectivity index (χ1n) is 5.63. The lowest BCUT2D eigenvalue weighted by Gasteiger charge is -2.03. The third kappa shape index (κ3) is 2.58. The topological polar surface area (TPSA) is 37.8 Å². The molecule has 1 aliphatic carbocycles. The van der Waals surface area contributed by atoms with E-state index in [9.17, 15) is 0 Å². The molecule has 1 aliphatic rings. The smallest absolute Gasteiger partial charge is 0.205 e. The zero-order valence-corrected chi connectivity index (χ0v) is 10.8. The molecule has 0 atom stereocenters. The minimum absolute atomic E-state index is 0.670. The van der Waals surface area contributed by atoms with Crippen molar-refractivity contribution in [1.82, 2.24) is 10.2 Å². The Bertz CT molecular complexity index is 522. The van der Waals surface area contributed by atoms with Crippen LogP contribution in [0.15, 0.2) is 24.3 Å². The van der Waals surface area contributed by atoms with E-state index in [1.165, 1.54) is 12.8 Å². The van der Waals surface area contributed by atoms with Gasteiger partial charge in [0.25, 0.3) is 0 Å². The second-order valence-electron chi connectivity index (χ2n) is 4.16. The van der Waals surface area contributed by atoms with Gasteiger partial charge < -0.3 is 5.32 Å². The maximum Gasteiger partial charge on any atom is 0.205 e. The molecule has 0 spiro atoms. The van der Waals surface area contributed by atoms with Gasteiger partial charge in [-0.3, -0.25) is 0 Å². The van der Waals surface area contributed by atoms with Crippen LogP contribution in [0.1, 0.15) is 29.3 Å². The highest BCUT2D eigenvalue weighted by Crippen LogP contribution is 2.42. The summed E-state index contributed by atoms with van der Waals surface area (Å²) < 4.78 is 0. The molecule has 1 N–H and O–H groups in total. The van der Waals surface area contributed by atoms with Gasteiger partial charge in [0.2, 0.25) is 5.13 Å². The summed E-state index contributed by atoms with van der Waals surface area (Å²) in [6.45, 7) is 0.693. The van der Waals surface area contributed by atoms with Gasteiger partial charge in [-0.25, -0.2) is 0 Å². The van der Waals surface area contributed by atoms with Crippen molar-refractivity contribution in [2.75, 3.05) is 5.32 Å². The number of hydrogen-bond donors (Lipinski definition) is 1. The van der Waals surface area contributed by atoms with E-state index in [0.717, 1.165) is 20.7 Å². The van der Waals surface area contributed by atoms with Crippen molar-refractivity contribution in [3.05, 3.63) is 39.9 Å². The van der Waals surface area contributed by atoms with Crippen LogP contribution in [0.2, 0.25) is 5.02 Å². The summed E-state index contributed by atoms with van der Waals surface area (Å²) in [4.78, 5) is 0. The predicted octanol–water partition coefficient (Wildman–Crippen LogP) is 3.68. The molecule has 1 aromatic carbocycles. The minimum Gasteiger partial charge on any atom is -0.356 e. The van der Waals surface area contributed by atoms with Crippen molar-refractivity contribution in [3.63, 3.8) is 0 Å². The first kappa shape index (κ1) is 11.0. The van der Waals surface area contributed by atoms with E-state index in [-0.39, 0.29) is 0 Å². The second-order valence-corrected chi connectivity index (χ2v) is 5.58. The molecule has 2 aromatic rings. The van der Waals surface area contributed by atoms with Crippen molar-refractivity contribution in [2.24, 2.45) is 0 Å². The van der Waals surface area contributed by atoms with Crippen LogP contribution in [0.5, 0.6) is 0 Å². The molecular weight excluding hydrogens is 254 g/mol. The van der Waals surface area contributed by atoms with Crippen LogP contribution in [0.4, 0.5) is 5.13 Å². The minimum atomic E-state index is 0.670. The fourth-order valence-corrected chi connectivity index (χ4v) is 2.72. The second kappa shape index (κ2) is 4.63. The maximum absolute atomic E-state index is 6.08. The number of aromatic nitrogens is 2. The lowest BCUT2D eigenvalue weighted by atomic mass is 10.2. The maximum atomic E-state index is 6.08. The van der Waals surface area contributed by atoms with Crippen LogP contribution in [-0.2, 0) is 6.54 Å². The number of rotatable bonds is 4. The van der Waals surface area contributed by atoms with E-state index in [4.69, 9.17) is 11.6 Å². The van der Waals surface area contributed by atoms with Crippen molar-refractivity contribution >= 4 is 28.1 Å². The molecule has 1 saturated carbocycles. The van der Waals surface area contributed by atoms with Crippen molar-refractivity contribution in [1.29, 1.82) is 0 Å². The number of hydrogen-bond acceptors (Lipinski definition) is 4. The summed E-state index contributed by atoms with van der Waals surface area (Å²) in [7, 11) is 0. The van der Waals surface area contributed by atoms with E-state index in [0.29, 0.717) is 12.5 Å². The van der Waals surface area contributed by atoms with Gasteiger partial charge in [-0.15, -0.1) is 10.2 Å². The molecule has 1 heterocycles. The lowest BCUT2D eigenvalue weighted by molar-refractivity contribution is 0.968. The highest BCUT2D eigenvalue weighted by atomic mass is 35.5. The summed E-state index contributed by atoms with van der Waals surface area (Å²) >= 11 is 7.74. The van der Waals surface area contributed by atoms with Crippen LogP contribution in [0.25, 0.3) is 0 Å². The Balaban J connectivity index is 1.65.